The van der Waals surface area contributed by atoms with Gasteiger partial charge in [-0.1, -0.05) is 18.2 Å². The average molecular weight is 391 g/mol. The van der Waals surface area contributed by atoms with Gasteiger partial charge in [-0.15, -0.1) is 0 Å². The standard InChI is InChI=1S/C16H21N7O5/c17-12-21-11-9(7-24)20-13(18)23-6-10(16(26,27)15(11,23)22-12)28-14(25)19-8-4-2-1-3-5-8/h1-5,9-11,24,26-27H,6-7H2,(H2,18,20)(H,19,25)(H3,17,21,22)/t9-,10-,11?,15?/m0/s1. The van der Waals surface area contributed by atoms with Crippen molar-refractivity contribution in [2.24, 2.45) is 21.5 Å². The number of ether oxygens (including phenoxy) is 1. The molecular weight excluding hydrogens is 370 g/mol. The van der Waals surface area contributed by atoms with Crippen LogP contribution in [0.2, 0.25) is 0 Å². The van der Waals surface area contributed by atoms with Crippen LogP contribution in [0.1, 0.15) is 0 Å². The van der Waals surface area contributed by atoms with E-state index in [4.69, 9.17) is 16.2 Å². The normalized spacial score (nSPS) is 32.5. The second-order valence-electron chi connectivity index (χ2n) is 6.81. The summed E-state index contributed by atoms with van der Waals surface area (Å²) in [5.41, 5.74) is 10.5. The fourth-order valence-electron chi connectivity index (χ4n) is 3.97. The third-order valence-corrected chi connectivity index (χ3v) is 5.20. The number of anilines is 1. The molecule has 150 valence electrons. The number of nitrogens with one attached hydrogen (secondary N) is 2. The summed E-state index contributed by atoms with van der Waals surface area (Å²) < 4.78 is 5.28. The van der Waals surface area contributed by atoms with Crippen molar-refractivity contribution >= 4 is 23.7 Å². The van der Waals surface area contributed by atoms with Crippen LogP contribution in [0.4, 0.5) is 10.5 Å². The van der Waals surface area contributed by atoms with E-state index in [-0.39, 0.29) is 18.5 Å². The summed E-state index contributed by atoms with van der Waals surface area (Å²) in [5.74, 6) is -2.76. The summed E-state index contributed by atoms with van der Waals surface area (Å²) in [4.78, 5) is 21.9. The first-order chi connectivity index (χ1) is 13.3. The van der Waals surface area contributed by atoms with Crippen molar-refractivity contribution in [2.45, 2.75) is 29.6 Å². The first kappa shape index (κ1) is 18.3. The van der Waals surface area contributed by atoms with E-state index in [0.717, 1.165) is 0 Å². The van der Waals surface area contributed by atoms with Crippen LogP contribution >= 0.6 is 0 Å². The summed E-state index contributed by atoms with van der Waals surface area (Å²) in [6.07, 6.45) is -2.28. The highest BCUT2D eigenvalue weighted by Crippen LogP contribution is 2.45. The van der Waals surface area contributed by atoms with Crippen LogP contribution in [0, 0.1) is 0 Å². The lowest BCUT2D eigenvalue weighted by Gasteiger charge is -2.48. The third-order valence-electron chi connectivity index (χ3n) is 5.20. The highest BCUT2D eigenvalue weighted by Gasteiger charge is 2.74. The van der Waals surface area contributed by atoms with Crippen LogP contribution in [0.15, 0.2) is 40.3 Å². The van der Waals surface area contributed by atoms with Crippen LogP contribution in [-0.2, 0) is 4.74 Å². The van der Waals surface area contributed by atoms with Crippen LogP contribution in [-0.4, -0.2) is 81.0 Å². The number of guanidine groups is 2. The molecular formula is C16H21N7O5. The van der Waals surface area contributed by atoms with Crippen molar-refractivity contribution in [1.82, 2.24) is 10.2 Å². The summed E-state index contributed by atoms with van der Waals surface area (Å²) in [6, 6.07) is 6.75. The molecule has 28 heavy (non-hydrogen) atoms. The van der Waals surface area contributed by atoms with Gasteiger partial charge in [-0.05, 0) is 12.1 Å². The fourth-order valence-corrected chi connectivity index (χ4v) is 3.97. The maximum absolute atomic E-state index is 12.3. The molecule has 4 atom stereocenters. The molecule has 0 aliphatic carbocycles. The number of amides is 1. The van der Waals surface area contributed by atoms with Crippen LogP contribution in [0.25, 0.3) is 0 Å². The van der Waals surface area contributed by atoms with Crippen molar-refractivity contribution in [1.29, 1.82) is 0 Å². The molecule has 1 saturated heterocycles. The summed E-state index contributed by atoms with van der Waals surface area (Å²) in [6.45, 7) is -0.607. The van der Waals surface area contributed by atoms with Gasteiger partial charge in [-0.3, -0.25) is 5.32 Å². The molecule has 0 bridgehead atoms. The molecule has 3 aliphatic rings. The predicted octanol–water partition coefficient (Wildman–Crippen LogP) is -2.73. The number of aliphatic imine (C=N–C) groups is 2. The van der Waals surface area contributed by atoms with Gasteiger partial charge in [0.05, 0.1) is 13.2 Å². The zero-order valence-corrected chi connectivity index (χ0v) is 14.7. The lowest BCUT2D eigenvalue weighted by Crippen LogP contribution is -2.77. The number of carbonyl (C=O) groups is 1. The molecule has 1 aromatic rings. The highest BCUT2D eigenvalue weighted by molar-refractivity contribution is 5.88. The molecule has 3 aliphatic heterocycles. The molecule has 12 heteroatoms. The summed E-state index contributed by atoms with van der Waals surface area (Å²) in [5, 5.41) is 36.9. The number of hydrogen-bond acceptors (Lipinski definition) is 11. The molecule has 1 aromatic carbocycles. The van der Waals surface area contributed by atoms with Gasteiger partial charge in [0.1, 0.15) is 12.1 Å². The average Bonchev–Trinajstić information content (AvgIpc) is 3.11. The predicted molar refractivity (Wildman–Crippen MR) is 98.0 cm³/mol. The number of hydrogen-bond donors (Lipinski definition) is 7. The van der Waals surface area contributed by atoms with Crippen molar-refractivity contribution < 1.29 is 24.9 Å². The minimum atomic E-state index is -2.63. The van der Waals surface area contributed by atoms with E-state index in [1.165, 1.54) is 4.90 Å². The molecule has 1 amide bonds. The van der Waals surface area contributed by atoms with Crippen LogP contribution in [0.5, 0.6) is 0 Å². The lowest BCUT2D eigenvalue weighted by molar-refractivity contribution is -0.256. The fraction of sp³-hybridized carbons (Fsp3) is 0.438. The Morgan fingerprint density at radius 1 is 1.32 bits per heavy atom. The van der Waals surface area contributed by atoms with Crippen molar-refractivity contribution in [3.8, 4) is 0 Å². The zero-order valence-electron chi connectivity index (χ0n) is 14.7. The van der Waals surface area contributed by atoms with Crippen molar-refractivity contribution in [2.75, 3.05) is 18.5 Å². The lowest BCUT2D eigenvalue weighted by atomic mass is 9.86. The van der Waals surface area contributed by atoms with E-state index >= 15 is 0 Å². The maximum atomic E-state index is 12.3. The van der Waals surface area contributed by atoms with Gasteiger partial charge in [0, 0.05) is 5.69 Å². The van der Waals surface area contributed by atoms with Crippen molar-refractivity contribution in [3.05, 3.63) is 30.3 Å². The van der Waals surface area contributed by atoms with Gasteiger partial charge < -0.3 is 41.7 Å². The van der Waals surface area contributed by atoms with Crippen molar-refractivity contribution in [3.63, 3.8) is 0 Å². The second kappa shape index (κ2) is 6.22. The largest absolute Gasteiger partial charge is 0.438 e. The minimum absolute atomic E-state index is 0.0604. The second-order valence-corrected chi connectivity index (χ2v) is 6.81. The van der Waals surface area contributed by atoms with E-state index in [9.17, 15) is 20.1 Å². The monoisotopic (exact) mass is 391 g/mol. The molecule has 2 unspecified atom stereocenters. The number of aliphatic hydroxyl groups excluding tert-OH is 1. The molecule has 9 N–H and O–H groups in total. The number of rotatable bonds is 3. The number of para-hydroxylation sites is 1. The Labute approximate surface area is 159 Å². The Bertz CT molecular complexity index is 845. The third kappa shape index (κ3) is 2.46. The molecule has 3 heterocycles. The molecule has 4 rings (SSSR count). The topological polar surface area (TPSA) is 191 Å². The molecule has 0 aromatic heterocycles. The number of nitrogens with zero attached hydrogens (tertiary/aromatic N) is 3. The number of nitrogens with two attached hydrogens (primary N) is 2. The zero-order chi connectivity index (χ0) is 20.1. The van der Waals surface area contributed by atoms with Gasteiger partial charge in [0.15, 0.2) is 23.7 Å². The number of carbonyl (C=O) groups excluding carboxylic acids is 1. The minimum Gasteiger partial charge on any atom is -0.438 e. The van der Waals surface area contributed by atoms with Gasteiger partial charge in [0.25, 0.3) is 0 Å². The Balaban J connectivity index is 1.61. The first-order valence-electron chi connectivity index (χ1n) is 8.60. The van der Waals surface area contributed by atoms with Gasteiger partial charge >= 0.3 is 6.09 Å². The van der Waals surface area contributed by atoms with Gasteiger partial charge in [-0.25, -0.2) is 14.8 Å². The summed E-state index contributed by atoms with van der Waals surface area (Å²) in [7, 11) is 0. The molecule has 0 radical (unpaired) electrons. The molecule has 12 nitrogen and oxygen atoms in total. The molecule has 0 saturated carbocycles. The van der Waals surface area contributed by atoms with Crippen LogP contribution < -0.4 is 22.1 Å². The SMILES string of the molecule is NC1=NC2[C@H](CO)N=C(N)N3C[C@H](OC(=O)Nc4ccccc4)C(O)(O)C23N1. The number of benzene rings is 1. The smallest absolute Gasteiger partial charge is 0.412 e. The number of aliphatic hydroxyl groups is 3. The quantitative estimate of drug-likeness (QED) is 0.268. The molecule has 1 spiro atoms. The first-order valence-corrected chi connectivity index (χ1v) is 8.60. The van der Waals surface area contributed by atoms with E-state index in [0.29, 0.717) is 5.69 Å². The van der Waals surface area contributed by atoms with Crippen LogP contribution in [0.3, 0.4) is 0 Å². The summed E-state index contributed by atoms with van der Waals surface area (Å²) >= 11 is 0. The van der Waals surface area contributed by atoms with E-state index in [1.807, 2.05) is 0 Å². The molecule has 1 fully saturated rings. The van der Waals surface area contributed by atoms with Gasteiger partial charge in [-0.2, -0.15) is 0 Å². The van der Waals surface area contributed by atoms with Gasteiger partial charge in [0.2, 0.25) is 5.79 Å². The maximum Gasteiger partial charge on any atom is 0.412 e. The Morgan fingerprint density at radius 3 is 2.71 bits per heavy atom. The Hall–Kier alpha value is -3.09. The van der Waals surface area contributed by atoms with E-state index in [1.54, 1.807) is 30.3 Å². The Morgan fingerprint density at radius 2 is 2.04 bits per heavy atom. The van der Waals surface area contributed by atoms with E-state index < -0.39 is 42.3 Å². The highest BCUT2D eigenvalue weighted by atomic mass is 16.6. The Kier molecular flexibility index (Phi) is 4.06. The van der Waals surface area contributed by atoms with E-state index in [2.05, 4.69) is 20.6 Å².